The molecule has 0 aliphatic rings. The number of nitrogens with zero attached hydrogens (tertiary/aromatic N) is 1. The van der Waals surface area contributed by atoms with E-state index >= 15 is 0 Å². The summed E-state index contributed by atoms with van der Waals surface area (Å²) < 4.78 is 9.40. The van der Waals surface area contributed by atoms with Crippen molar-refractivity contribution in [2.45, 2.75) is 13.3 Å². The number of carbonyl (C=O) groups excluding carboxylic acids is 1. The van der Waals surface area contributed by atoms with Gasteiger partial charge in [0, 0.05) is 0 Å². The van der Waals surface area contributed by atoms with Crippen molar-refractivity contribution in [3.05, 3.63) is 29.8 Å². The van der Waals surface area contributed by atoms with Gasteiger partial charge in [0.15, 0.2) is 0 Å². The Bertz CT molecular complexity index is 364. The molecule has 0 heterocycles. The molecule has 1 aromatic rings. The van der Waals surface area contributed by atoms with Gasteiger partial charge < -0.3 is 9.47 Å². The second kappa shape index (κ2) is 5.66. The van der Waals surface area contributed by atoms with E-state index in [2.05, 4.69) is 4.74 Å². The summed E-state index contributed by atoms with van der Waals surface area (Å²) in [6, 6.07) is 6.72. The Morgan fingerprint density at radius 2 is 2.07 bits per heavy atom. The summed E-state index contributed by atoms with van der Waals surface area (Å²) in [5.74, 6) is 0.205. The van der Waals surface area contributed by atoms with Gasteiger partial charge in [0.1, 0.15) is 5.75 Å². The number of hydrogen-bond acceptors (Lipinski definition) is 4. The number of hydrogen-bond donors (Lipinski definition) is 0. The maximum Gasteiger partial charge on any atom is 0.310 e. The lowest BCUT2D eigenvalue weighted by molar-refractivity contribution is -0.142. The molecule has 0 N–H and O–H groups in total. The average molecular weight is 205 g/mol. The Labute approximate surface area is 88.0 Å². The molecule has 78 valence electrons. The van der Waals surface area contributed by atoms with E-state index in [9.17, 15) is 4.79 Å². The lowest BCUT2D eigenvalue weighted by Gasteiger charge is -2.02. The van der Waals surface area contributed by atoms with Gasteiger partial charge in [-0.3, -0.25) is 4.79 Å². The van der Waals surface area contributed by atoms with E-state index in [4.69, 9.17) is 10.00 Å². The van der Waals surface area contributed by atoms with Crippen molar-refractivity contribution in [2.24, 2.45) is 0 Å². The third-order valence-electron chi connectivity index (χ3n) is 1.74. The lowest BCUT2D eigenvalue weighted by Crippen LogP contribution is -2.07. The van der Waals surface area contributed by atoms with Crippen LogP contribution in [0, 0.1) is 11.5 Å². The van der Waals surface area contributed by atoms with Gasteiger partial charge in [-0.25, -0.2) is 0 Å². The molecule has 0 unspecified atom stereocenters. The highest BCUT2D eigenvalue weighted by Gasteiger charge is 2.03. The molecule has 15 heavy (non-hydrogen) atoms. The van der Waals surface area contributed by atoms with E-state index in [0.29, 0.717) is 12.4 Å². The van der Waals surface area contributed by atoms with Crippen molar-refractivity contribution in [3.8, 4) is 12.0 Å². The third kappa shape index (κ3) is 3.69. The summed E-state index contributed by atoms with van der Waals surface area (Å²) in [6.07, 6.45) is 1.81. The van der Waals surface area contributed by atoms with E-state index in [0.717, 1.165) is 5.56 Å². The molecule has 0 aliphatic carbocycles. The van der Waals surface area contributed by atoms with Gasteiger partial charge in [0.2, 0.25) is 0 Å². The molecule has 0 radical (unpaired) electrons. The molecule has 0 aromatic heterocycles. The van der Waals surface area contributed by atoms with Crippen LogP contribution in [0.3, 0.4) is 0 Å². The van der Waals surface area contributed by atoms with Gasteiger partial charge in [-0.1, -0.05) is 12.1 Å². The summed E-state index contributed by atoms with van der Waals surface area (Å²) >= 11 is 0. The number of carbonyl (C=O) groups is 1. The van der Waals surface area contributed by atoms with Gasteiger partial charge in [0.25, 0.3) is 6.26 Å². The topological polar surface area (TPSA) is 59.3 Å². The smallest absolute Gasteiger partial charge is 0.310 e. The van der Waals surface area contributed by atoms with Crippen LogP contribution in [0.1, 0.15) is 12.5 Å². The molecule has 0 atom stereocenters. The normalized spacial score (nSPS) is 9.07. The minimum Gasteiger partial charge on any atom is -0.466 e. The number of rotatable bonds is 4. The van der Waals surface area contributed by atoms with E-state index < -0.39 is 0 Å². The largest absolute Gasteiger partial charge is 0.466 e. The van der Waals surface area contributed by atoms with Crippen LogP contribution in [0.15, 0.2) is 24.3 Å². The maximum atomic E-state index is 11.1. The molecule has 1 aromatic carbocycles. The van der Waals surface area contributed by atoms with Gasteiger partial charge >= 0.3 is 5.97 Å². The second-order valence-electron chi connectivity index (χ2n) is 2.82. The third-order valence-corrected chi connectivity index (χ3v) is 1.74. The van der Waals surface area contributed by atoms with Crippen LogP contribution in [-0.4, -0.2) is 12.6 Å². The summed E-state index contributed by atoms with van der Waals surface area (Å²) in [7, 11) is 0. The van der Waals surface area contributed by atoms with Crippen LogP contribution >= 0.6 is 0 Å². The molecule has 4 heteroatoms. The van der Waals surface area contributed by atoms with Crippen molar-refractivity contribution >= 4 is 5.97 Å². The number of ether oxygens (including phenoxy) is 2. The lowest BCUT2D eigenvalue weighted by atomic mass is 10.1. The van der Waals surface area contributed by atoms with Crippen LogP contribution in [0.2, 0.25) is 0 Å². The second-order valence-corrected chi connectivity index (χ2v) is 2.82. The van der Waals surface area contributed by atoms with Crippen LogP contribution in [0.4, 0.5) is 0 Å². The number of nitriles is 1. The molecular weight excluding hydrogens is 194 g/mol. The minimum absolute atomic E-state index is 0.237. The fourth-order valence-corrected chi connectivity index (χ4v) is 1.11. The highest BCUT2D eigenvalue weighted by molar-refractivity contribution is 5.72. The first-order chi connectivity index (χ1) is 7.26. The van der Waals surface area contributed by atoms with E-state index in [1.807, 2.05) is 0 Å². The molecule has 4 nitrogen and oxygen atoms in total. The van der Waals surface area contributed by atoms with E-state index in [-0.39, 0.29) is 12.4 Å². The first-order valence-corrected chi connectivity index (χ1v) is 4.56. The molecule has 0 amide bonds. The van der Waals surface area contributed by atoms with Crippen molar-refractivity contribution in [3.63, 3.8) is 0 Å². The fourth-order valence-electron chi connectivity index (χ4n) is 1.11. The van der Waals surface area contributed by atoms with Crippen molar-refractivity contribution in [1.29, 1.82) is 5.26 Å². The zero-order valence-corrected chi connectivity index (χ0v) is 8.40. The van der Waals surface area contributed by atoms with Gasteiger partial charge in [-0.2, -0.15) is 0 Å². The molecule has 0 fully saturated rings. The highest BCUT2D eigenvalue weighted by atomic mass is 16.5. The Balaban J connectivity index is 2.57. The SMILES string of the molecule is CCOC(=O)Cc1ccc(OC#N)cc1. The molecule has 0 aliphatic heterocycles. The Hall–Kier alpha value is -2.02. The molecule has 0 spiro atoms. The predicted molar refractivity (Wildman–Crippen MR) is 53.0 cm³/mol. The summed E-state index contributed by atoms with van der Waals surface area (Å²) in [4.78, 5) is 11.1. The Morgan fingerprint density at radius 1 is 1.40 bits per heavy atom. The van der Waals surface area contributed by atoms with Crippen LogP contribution in [0.25, 0.3) is 0 Å². The van der Waals surface area contributed by atoms with Crippen molar-refractivity contribution in [1.82, 2.24) is 0 Å². The first-order valence-electron chi connectivity index (χ1n) is 4.56. The van der Waals surface area contributed by atoms with Gasteiger partial charge in [-0.05, 0) is 24.6 Å². The zero-order valence-electron chi connectivity index (χ0n) is 8.40. The molecule has 1 rings (SSSR count). The van der Waals surface area contributed by atoms with Crippen molar-refractivity contribution < 1.29 is 14.3 Å². The van der Waals surface area contributed by atoms with Gasteiger partial charge in [0.05, 0.1) is 13.0 Å². The van der Waals surface area contributed by atoms with E-state index in [1.54, 1.807) is 37.4 Å². The zero-order chi connectivity index (χ0) is 11.1. The maximum absolute atomic E-state index is 11.1. The summed E-state index contributed by atoms with van der Waals surface area (Å²) in [5, 5.41) is 8.26. The molecular formula is C11H11NO3. The molecule has 0 saturated carbocycles. The van der Waals surface area contributed by atoms with Crippen molar-refractivity contribution in [2.75, 3.05) is 6.61 Å². The highest BCUT2D eigenvalue weighted by Crippen LogP contribution is 2.12. The first kappa shape index (κ1) is 11.1. The monoisotopic (exact) mass is 205 g/mol. The van der Waals surface area contributed by atoms with Crippen LogP contribution in [-0.2, 0) is 16.0 Å². The van der Waals surface area contributed by atoms with E-state index in [1.165, 1.54) is 0 Å². The average Bonchev–Trinajstić information content (AvgIpc) is 2.22. The van der Waals surface area contributed by atoms with Crippen LogP contribution < -0.4 is 4.74 Å². The Kier molecular flexibility index (Phi) is 4.17. The van der Waals surface area contributed by atoms with Gasteiger partial charge in [-0.15, -0.1) is 5.26 Å². The number of esters is 1. The van der Waals surface area contributed by atoms with Crippen LogP contribution in [0.5, 0.6) is 5.75 Å². The summed E-state index contributed by atoms with van der Waals surface area (Å²) in [6.45, 7) is 2.15. The fraction of sp³-hybridized carbons (Fsp3) is 0.273. The quantitative estimate of drug-likeness (QED) is 0.554. The summed E-state index contributed by atoms with van der Waals surface area (Å²) in [5.41, 5.74) is 0.832. The minimum atomic E-state index is -0.258. The predicted octanol–water partition coefficient (Wildman–Crippen LogP) is 1.65. The molecule has 0 saturated heterocycles. The standard InChI is InChI=1S/C11H11NO3/c1-2-14-11(13)7-9-3-5-10(6-4-9)15-8-12/h3-6H,2,7H2,1H3. The Morgan fingerprint density at radius 3 is 2.60 bits per heavy atom. The molecule has 0 bridgehead atoms. The number of benzene rings is 1.